The molecule has 7 heteroatoms. The Morgan fingerprint density at radius 2 is 2.09 bits per heavy atom. The van der Waals surface area contributed by atoms with Gasteiger partial charge in [0.1, 0.15) is 12.3 Å². The number of nitrogens with one attached hydrogen (secondary N) is 1. The van der Waals surface area contributed by atoms with Crippen molar-refractivity contribution in [2.75, 3.05) is 23.4 Å². The van der Waals surface area contributed by atoms with E-state index in [0.717, 1.165) is 0 Å². The Balaban J connectivity index is 1.75. The molecule has 0 saturated heterocycles. The van der Waals surface area contributed by atoms with Crippen molar-refractivity contribution in [3.05, 3.63) is 52.0 Å². The number of ether oxygens (including phenoxy) is 1. The Morgan fingerprint density at radius 1 is 1.30 bits per heavy atom. The standard InChI is InChI=1S/C16H12BrClN2O3/c17-11-7-10(5-6-12(11)18)19-15(21)8-20-13-3-1-2-4-14(13)23-9-16(20)22/h1-7H,8-9H2,(H,19,21). The first-order valence-corrected chi connectivity index (χ1v) is 7.99. The number of carbonyl (C=O) groups is 2. The molecule has 0 spiro atoms. The maximum atomic E-state index is 12.2. The van der Waals surface area contributed by atoms with E-state index in [4.69, 9.17) is 16.3 Å². The molecule has 0 unspecified atom stereocenters. The van der Waals surface area contributed by atoms with Crippen LogP contribution in [0.1, 0.15) is 0 Å². The maximum Gasteiger partial charge on any atom is 0.265 e. The van der Waals surface area contributed by atoms with Crippen molar-refractivity contribution in [1.82, 2.24) is 0 Å². The molecular weight excluding hydrogens is 384 g/mol. The van der Waals surface area contributed by atoms with Crippen LogP contribution in [-0.4, -0.2) is 25.0 Å². The van der Waals surface area contributed by atoms with Gasteiger partial charge in [-0.1, -0.05) is 23.7 Å². The lowest BCUT2D eigenvalue weighted by atomic mass is 10.2. The molecule has 0 bridgehead atoms. The second-order valence-corrected chi connectivity index (χ2v) is 6.17. The highest BCUT2D eigenvalue weighted by atomic mass is 79.9. The molecule has 23 heavy (non-hydrogen) atoms. The van der Waals surface area contributed by atoms with E-state index < -0.39 is 0 Å². The molecule has 0 fully saturated rings. The molecule has 0 aliphatic carbocycles. The number of fused-ring (bicyclic) bond motifs is 1. The van der Waals surface area contributed by atoms with Gasteiger partial charge >= 0.3 is 0 Å². The van der Waals surface area contributed by atoms with Gasteiger partial charge in [-0.05, 0) is 46.3 Å². The summed E-state index contributed by atoms with van der Waals surface area (Å²) >= 11 is 9.22. The number of anilines is 2. The third-order valence-corrected chi connectivity index (χ3v) is 4.53. The summed E-state index contributed by atoms with van der Waals surface area (Å²) in [6.07, 6.45) is 0. The van der Waals surface area contributed by atoms with Gasteiger partial charge in [-0.15, -0.1) is 0 Å². The topological polar surface area (TPSA) is 58.6 Å². The van der Waals surface area contributed by atoms with Gasteiger partial charge in [0, 0.05) is 10.2 Å². The fourth-order valence-corrected chi connectivity index (χ4v) is 2.74. The Labute approximate surface area is 146 Å². The maximum absolute atomic E-state index is 12.2. The molecule has 1 N–H and O–H groups in total. The fraction of sp³-hybridized carbons (Fsp3) is 0.125. The molecule has 0 saturated carbocycles. The van der Waals surface area contributed by atoms with Crippen LogP contribution >= 0.6 is 27.5 Å². The summed E-state index contributed by atoms with van der Waals surface area (Å²) in [5, 5.41) is 3.30. The number of rotatable bonds is 3. The Bertz CT molecular complexity index is 782. The molecule has 2 amide bonds. The van der Waals surface area contributed by atoms with E-state index >= 15 is 0 Å². The molecule has 5 nitrogen and oxygen atoms in total. The zero-order valence-corrected chi connectivity index (χ0v) is 14.2. The first kappa shape index (κ1) is 15.8. The number of nitrogens with zero attached hydrogens (tertiary/aromatic N) is 1. The summed E-state index contributed by atoms with van der Waals surface area (Å²) < 4.78 is 6.04. The minimum atomic E-state index is -0.302. The van der Waals surface area contributed by atoms with Gasteiger partial charge in [0.25, 0.3) is 5.91 Å². The average Bonchev–Trinajstić information content (AvgIpc) is 2.54. The van der Waals surface area contributed by atoms with Crippen molar-refractivity contribution in [3.63, 3.8) is 0 Å². The van der Waals surface area contributed by atoms with Crippen molar-refractivity contribution in [3.8, 4) is 5.75 Å². The predicted molar refractivity (Wildman–Crippen MR) is 92.1 cm³/mol. The normalized spacial score (nSPS) is 13.3. The van der Waals surface area contributed by atoms with Crippen molar-refractivity contribution >= 4 is 50.7 Å². The number of para-hydroxylation sites is 2. The van der Waals surface area contributed by atoms with E-state index in [9.17, 15) is 9.59 Å². The van der Waals surface area contributed by atoms with E-state index in [2.05, 4.69) is 21.2 Å². The second kappa shape index (κ2) is 6.60. The van der Waals surface area contributed by atoms with E-state index in [0.29, 0.717) is 26.6 Å². The number of hydrogen-bond acceptors (Lipinski definition) is 3. The zero-order valence-electron chi connectivity index (χ0n) is 11.9. The van der Waals surface area contributed by atoms with Gasteiger partial charge in [-0.3, -0.25) is 14.5 Å². The summed E-state index contributed by atoms with van der Waals surface area (Å²) in [5.41, 5.74) is 1.19. The molecule has 1 heterocycles. The quantitative estimate of drug-likeness (QED) is 0.866. The fourth-order valence-electron chi connectivity index (χ4n) is 2.25. The van der Waals surface area contributed by atoms with Gasteiger partial charge in [-0.25, -0.2) is 0 Å². The van der Waals surface area contributed by atoms with E-state index in [1.54, 1.807) is 36.4 Å². The smallest absolute Gasteiger partial charge is 0.265 e. The van der Waals surface area contributed by atoms with Crippen molar-refractivity contribution < 1.29 is 14.3 Å². The Kier molecular flexibility index (Phi) is 4.54. The molecule has 1 aliphatic heterocycles. The molecule has 3 rings (SSSR count). The van der Waals surface area contributed by atoms with E-state index in [1.807, 2.05) is 6.07 Å². The Hall–Kier alpha value is -2.05. The largest absolute Gasteiger partial charge is 0.482 e. The van der Waals surface area contributed by atoms with Crippen LogP contribution in [0.15, 0.2) is 46.9 Å². The van der Waals surface area contributed by atoms with Crippen LogP contribution in [0.5, 0.6) is 5.75 Å². The summed E-state index contributed by atoms with van der Waals surface area (Å²) in [7, 11) is 0. The molecule has 0 aromatic heterocycles. The van der Waals surface area contributed by atoms with Crippen LogP contribution < -0.4 is 15.0 Å². The van der Waals surface area contributed by atoms with Gasteiger partial charge < -0.3 is 10.1 Å². The van der Waals surface area contributed by atoms with E-state index in [1.165, 1.54) is 4.90 Å². The molecule has 2 aromatic rings. The van der Waals surface area contributed by atoms with Crippen LogP contribution in [0.3, 0.4) is 0 Å². The van der Waals surface area contributed by atoms with Crippen LogP contribution in [0.4, 0.5) is 11.4 Å². The van der Waals surface area contributed by atoms with E-state index in [-0.39, 0.29) is 25.0 Å². The van der Waals surface area contributed by atoms with Crippen LogP contribution in [-0.2, 0) is 9.59 Å². The summed E-state index contributed by atoms with van der Waals surface area (Å²) in [4.78, 5) is 25.7. The number of halogens is 2. The highest BCUT2D eigenvalue weighted by Gasteiger charge is 2.26. The summed E-state index contributed by atoms with van der Waals surface area (Å²) in [6, 6.07) is 12.2. The average molecular weight is 396 g/mol. The van der Waals surface area contributed by atoms with Crippen molar-refractivity contribution in [2.45, 2.75) is 0 Å². The van der Waals surface area contributed by atoms with Crippen LogP contribution in [0.25, 0.3) is 0 Å². The second-order valence-electron chi connectivity index (χ2n) is 4.91. The monoisotopic (exact) mass is 394 g/mol. The number of amides is 2. The zero-order chi connectivity index (χ0) is 16.4. The van der Waals surface area contributed by atoms with Gasteiger partial charge in [0.15, 0.2) is 6.61 Å². The van der Waals surface area contributed by atoms with Gasteiger partial charge in [-0.2, -0.15) is 0 Å². The third kappa shape index (κ3) is 3.48. The van der Waals surface area contributed by atoms with Crippen LogP contribution in [0.2, 0.25) is 5.02 Å². The minimum absolute atomic E-state index is 0.0726. The van der Waals surface area contributed by atoms with Crippen molar-refractivity contribution in [2.24, 2.45) is 0 Å². The lowest BCUT2D eigenvalue weighted by Crippen LogP contribution is -2.43. The molecule has 2 aromatic carbocycles. The lowest BCUT2D eigenvalue weighted by Gasteiger charge is -2.28. The van der Waals surface area contributed by atoms with Gasteiger partial charge in [0.2, 0.25) is 5.91 Å². The number of carbonyl (C=O) groups excluding carboxylic acids is 2. The molecule has 0 radical (unpaired) electrons. The number of hydrogen-bond donors (Lipinski definition) is 1. The number of benzene rings is 2. The first-order valence-electron chi connectivity index (χ1n) is 6.81. The van der Waals surface area contributed by atoms with Crippen LogP contribution in [0, 0.1) is 0 Å². The van der Waals surface area contributed by atoms with Gasteiger partial charge in [0.05, 0.1) is 10.7 Å². The highest BCUT2D eigenvalue weighted by Crippen LogP contribution is 2.31. The summed E-state index contributed by atoms with van der Waals surface area (Å²) in [5.74, 6) is 0.0366. The van der Waals surface area contributed by atoms with Crippen molar-refractivity contribution in [1.29, 1.82) is 0 Å². The predicted octanol–water partition coefficient (Wildman–Crippen LogP) is 3.47. The Morgan fingerprint density at radius 3 is 2.87 bits per heavy atom. The molecule has 1 aliphatic rings. The molecule has 118 valence electrons. The highest BCUT2D eigenvalue weighted by molar-refractivity contribution is 9.10. The minimum Gasteiger partial charge on any atom is -0.482 e. The SMILES string of the molecule is O=C(CN1C(=O)COc2ccccc21)Nc1ccc(Cl)c(Br)c1. The summed E-state index contributed by atoms with van der Waals surface area (Å²) in [6.45, 7) is -0.157. The molecule has 0 atom stereocenters. The lowest BCUT2D eigenvalue weighted by molar-refractivity contribution is -0.123. The first-order chi connectivity index (χ1) is 11.0. The third-order valence-electron chi connectivity index (χ3n) is 3.31. The molecular formula is C16H12BrClN2O3.